The van der Waals surface area contributed by atoms with E-state index >= 15 is 0 Å². The van der Waals surface area contributed by atoms with Crippen LogP contribution in [0.2, 0.25) is 0 Å². The van der Waals surface area contributed by atoms with E-state index in [1.165, 1.54) is 6.92 Å². The first-order valence-corrected chi connectivity index (χ1v) is 14.1. The van der Waals surface area contributed by atoms with Crippen molar-refractivity contribution < 1.29 is 56.9 Å². The zero-order valence-electron chi connectivity index (χ0n) is 24.4. The topological polar surface area (TPSA) is 157 Å². The Balaban J connectivity index is 3.03. The molecule has 0 saturated heterocycles. The van der Waals surface area contributed by atoms with E-state index in [0.717, 1.165) is 0 Å². The molecule has 0 radical (unpaired) electrons. The molecule has 1 amide bonds. The van der Waals surface area contributed by atoms with Crippen LogP contribution in [0.5, 0.6) is 0 Å². The van der Waals surface area contributed by atoms with E-state index in [-0.39, 0.29) is 5.91 Å². The number of amides is 1. The van der Waals surface area contributed by atoms with Gasteiger partial charge in [-0.3, -0.25) is 4.79 Å². The molecule has 0 atom stereocenters. The molecule has 0 aromatic rings. The van der Waals surface area contributed by atoms with Crippen LogP contribution in [0.3, 0.4) is 0 Å². The number of carbonyl (C=O) groups excluding carboxylic acids is 1. The number of hydrogen-bond acceptors (Lipinski definition) is 13. The first-order chi connectivity index (χ1) is 19.8. The molecule has 0 aliphatic heterocycles. The van der Waals surface area contributed by atoms with Crippen LogP contribution < -0.4 is 11.1 Å². The quantitative estimate of drug-likeness (QED) is 0.0897. The third kappa shape index (κ3) is 37.0. The normalized spacial score (nSPS) is 11.3. The van der Waals surface area contributed by atoms with Crippen molar-refractivity contribution in [3.05, 3.63) is 0 Å². The highest BCUT2D eigenvalue weighted by atomic mass is 16.6. The van der Waals surface area contributed by atoms with Crippen molar-refractivity contribution in [3.63, 3.8) is 0 Å². The Morgan fingerprint density at radius 1 is 0.400 bits per heavy atom. The van der Waals surface area contributed by atoms with Gasteiger partial charge < -0.3 is 63.2 Å². The fourth-order valence-corrected chi connectivity index (χ4v) is 2.68. The standard InChI is InChI=1S/C26H54N2O12/c1-26(29)28-3-5-31-7-9-33-11-13-35-15-17-37-19-21-39-23-25-40-24-22-38-20-18-36-16-14-34-12-10-32-8-6-30-4-2-27/h2-25,27H2,1H3,(H,28,29). The first kappa shape index (κ1) is 39.0. The average molecular weight is 587 g/mol. The lowest BCUT2D eigenvalue weighted by atomic mass is 10.6. The van der Waals surface area contributed by atoms with Crippen molar-refractivity contribution in [1.82, 2.24) is 5.32 Å². The SMILES string of the molecule is CC(=O)NCCOCCOCCOCCOCCOCCOCCOCCOCCOCCOCCOCCN. The molecular weight excluding hydrogens is 532 g/mol. The fourth-order valence-electron chi connectivity index (χ4n) is 2.68. The highest BCUT2D eigenvalue weighted by Crippen LogP contribution is 1.87. The molecule has 0 fully saturated rings. The van der Waals surface area contributed by atoms with E-state index < -0.39 is 0 Å². The summed E-state index contributed by atoms with van der Waals surface area (Å²) in [5.74, 6) is -0.0612. The maximum Gasteiger partial charge on any atom is 0.216 e. The zero-order valence-corrected chi connectivity index (χ0v) is 24.4. The number of nitrogens with one attached hydrogen (secondary N) is 1. The second kappa shape index (κ2) is 36.0. The minimum atomic E-state index is -0.0612. The van der Waals surface area contributed by atoms with Gasteiger partial charge in [0.05, 0.1) is 145 Å². The van der Waals surface area contributed by atoms with Gasteiger partial charge in [0.1, 0.15) is 0 Å². The highest BCUT2D eigenvalue weighted by molar-refractivity contribution is 5.72. The molecule has 40 heavy (non-hydrogen) atoms. The monoisotopic (exact) mass is 586 g/mol. The summed E-state index contributed by atoms with van der Waals surface area (Å²) in [5.41, 5.74) is 5.32. The summed E-state index contributed by atoms with van der Waals surface area (Å²) in [4.78, 5) is 10.7. The Kier molecular flexibility index (Phi) is 35.1. The van der Waals surface area contributed by atoms with Crippen molar-refractivity contribution in [2.75, 3.05) is 158 Å². The summed E-state index contributed by atoms with van der Waals surface area (Å²) < 4.78 is 59.3. The zero-order chi connectivity index (χ0) is 29.0. The molecule has 14 heteroatoms. The largest absolute Gasteiger partial charge is 0.378 e. The van der Waals surface area contributed by atoms with Crippen molar-refractivity contribution in [2.45, 2.75) is 6.92 Å². The second-order valence-electron chi connectivity index (χ2n) is 8.01. The smallest absolute Gasteiger partial charge is 0.216 e. The minimum absolute atomic E-state index is 0.0612. The summed E-state index contributed by atoms with van der Waals surface area (Å²) in [6.07, 6.45) is 0. The molecule has 0 saturated carbocycles. The van der Waals surface area contributed by atoms with Crippen LogP contribution in [0.25, 0.3) is 0 Å². The fraction of sp³-hybridized carbons (Fsp3) is 0.962. The van der Waals surface area contributed by atoms with Gasteiger partial charge in [0.2, 0.25) is 5.91 Å². The number of carbonyl (C=O) groups is 1. The number of rotatable bonds is 35. The van der Waals surface area contributed by atoms with E-state index in [4.69, 9.17) is 57.8 Å². The number of nitrogens with two attached hydrogens (primary N) is 1. The summed E-state index contributed by atoms with van der Waals surface area (Å²) >= 11 is 0. The minimum Gasteiger partial charge on any atom is -0.378 e. The van der Waals surface area contributed by atoms with Gasteiger partial charge in [-0.1, -0.05) is 0 Å². The highest BCUT2D eigenvalue weighted by Gasteiger charge is 1.96. The molecule has 0 spiro atoms. The Hall–Kier alpha value is -1.01. The lowest BCUT2D eigenvalue weighted by molar-refractivity contribution is -0.119. The van der Waals surface area contributed by atoms with Crippen LogP contribution in [0.1, 0.15) is 6.92 Å². The molecule has 0 aliphatic rings. The van der Waals surface area contributed by atoms with Crippen molar-refractivity contribution in [2.24, 2.45) is 5.73 Å². The molecule has 0 heterocycles. The van der Waals surface area contributed by atoms with Gasteiger partial charge in [0, 0.05) is 20.0 Å². The van der Waals surface area contributed by atoms with Gasteiger partial charge in [0.15, 0.2) is 0 Å². The number of hydrogen-bond donors (Lipinski definition) is 2. The van der Waals surface area contributed by atoms with E-state index in [1.54, 1.807) is 0 Å². The first-order valence-electron chi connectivity index (χ1n) is 14.1. The Morgan fingerprint density at radius 2 is 0.600 bits per heavy atom. The van der Waals surface area contributed by atoms with E-state index in [1.807, 2.05) is 0 Å². The predicted molar refractivity (Wildman–Crippen MR) is 147 cm³/mol. The molecule has 240 valence electrons. The molecule has 0 aliphatic carbocycles. The molecule has 14 nitrogen and oxygen atoms in total. The van der Waals surface area contributed by atoms with Crippen molar-refractivity contribution >= 4 is 5.91 Å². The Bertz CT molecular complexity index is 495. The average Bonchev–Trinajstić information content (AvgIpc) is 2.95. The molecule has 0 aromatic heterocycles. The van der Waals surface area contributed by atoms with Gasteiger partial charge >= 0.3 is 0 Å². The van der Waals surface area contributed by atoms with Gasteiger partial charge in [-0.25, -0.2) is 0 Å². The molecule has 0 unspecified atom stereocenters. The van der Waals surface area contributed by atoms with Gasteiger partial charge in [0.25, 0.3) is 0 Å². The number of ether oxygens (including phenoxy) is 11. The van der Waals surface area contributed by atoms with Gasteiger partial charge in [-0.15, -0.1) is 0 Å². The van der Waals surface area contributed by atoms with E-state index in [2.05, 4.69) is 5.32 Å². The van der Waals surface area contributed by atoms with Crippen LogP contribution in [0, 0.1) is 0 Å². The summed E-state index contributed by atoms with van der Waals surface area (Å²) in [6.45, 7) is 13.8. The Labute approximate surface area is 239 Å². The van der Waals surface area contributed by atoms with E-state index in [0.29, 0.717) is 158 Å². The third-order valence-electron chi connectivity index (χ3n) is 4.60. The maximum atomic E-state index is 10.7. The van der Waals surface area contributed by atoms with Crippen molar-refractivity contribution in [3.8, 4) is 0 Å². The summed E-state index contributed by atoms with van der Waals surface area (Å²) in [7, 11) is 0. The maximum absolute atomic E-state index is 10.7. The second-order valence-corrected chi connectivity index (χ2v) is 8.01. The van der Waals surface area contributed by atoms with Gasteiger partial charge in [-0.05, 0) is 0 Å². The lowest BCUT2D eigenvalue weighted by Crippen LogP contribution is -2.25. The van der Waals surface area contributed by atoms with Crippen molar-refractivity contribution in [1.29, 1.82) is 0 Å². The molecule has 3 N–H and O–H groups in total. The summed E-state index contributed by atoms with van der Waals surface area (Å²) in [5, 5.41) is 2.66. The van der Waals surface area contributed by atoms with Crippen LogP contribution >= 0.6 is 0 Å². The molecular formula is C26H54N2O12. The molecule has 0 aromatic carbocycles. The molecule has 0 rings (SSSR count). The third-order valence-corrected chi connectivity index (χ3v) is 4.60. The molecule has 0 bridgehead atoms. The van der Waals surface area contributed by atoms with Crippen LogP contribution in [0.4, 0.5) is 0 Å². The Morgan fingerprint density at radius 3 is 0.800 bits per heavy atom. The summed E-state index contributed by atoms with van der Waals surface area (Å²) in [6, 6.07) is 0. The van der Waals surface area contributed by atoms with E-state index in [9.17, 15) is 4.79 Å². The predicted octanol–water partition coefficient (Wildman–Crippen LogP) is -0.736. The van der Waals surface area contributed by atoms with Crippen LogP contribution in [-0.4, -0.2) is 164 Å². The van der Waals surface area contributed by atoms with Crippen LogP contribution in [-0.2, 0) is 56.9 Å². The lowest BCUT2D eigenvalue weighted by Gasteiger charge is -2.09. The van der Waals surface area contributed by atoms with Crippen LogP contribution in [0.15, 0.2) is 0 Å². The van der Waals surface area contributed by atoms with Gasteiger partial charge in [-0.2, -0.15) is 0 Å².